The number of rotatable bonds is 14. The van der Waals surface area contributed by atoms with Crippen LogP contribution in [0.15, 0.2) is 79.0 Å². The molecule has 0 aliphatic rings. The van der Waals surface area contributed by atoms with Gasteiger partial charge in [-0.15, -0.1) is 0 Å². The second kappa shape index (κ2) is 14.2. The van der Waals surface area contributed by atoms with Gasteiger partial charge in [0.1, 0.15) is 18.0 Å². The molecule has 8 heteroatoms. The second-order valence-corrected chi connectivity index (χ2v) is 9.54. The smallest absolute Gasteiger partial charge is 0.254 e. The average molecular weight is 544 g/mol. The topological polar surface area (TPSA) is 84.1 Å². The minimum Gasteiger partial charge on any atom is -0.497 e. The number of fused-ring (bicyclic) bond motifs is 1. The van der Waals surface area contributed by atoms with Gasteiger partial charge in [-0.25, -0.2) is 0 Å². The van der Waals surface area contributed by atoms with Crippen molar-refractivity contribution in [3.05, 3.63) is 95.7 Å². The van der Waals surface area contributed by atoms with E-state index in [1.807, 2.05) is 53.6 Å². The van der Waals surface area contributed by atoms with E-state index in [9.17, 15) is 9.59 Å². The number of aromatic amines is 1. The Balaban J connectivity index is 1.57. The van der Waals surface area contributed by atoms with E-state index >= 15 is 0 Å². The maximum absolute atomic E-state index is 13.9. The summed E-state index contributed by atoms with van der Waals surface area (Å²) in [6.07, 6.45) is 3.28. The number of benzene rings is 3. The zero-order valence-corrected chi connectivity index (χ0v) is 23.4. The molecule has 8 nitrogen and oxygen atoms in total. The van der Waals surface area contributed by atoms with Gasteiger partial charge in [-0.3, -0.25) is 9.59 Å². The summed E-state index contributed by atoms with van der Waals surface area (Å²) in [6, 6.07) is 22.8. The van der Waals surface area contributed by atoms with Crippen molar-refractivity contribution in [2.75, 3.05) is 47.6 Å². The van der Waals surface area contributed by atoms with Gasteiger partial charge in [0.2, 0.25) is 5.91 Å². The van der Waals surface area contributed by atoms with Crippen LogP contribution in [0.4, 0.5) is 0 Å². The first-order valence-electron chi connectivity index (χ1n) is 13.4. The van der Waals surface area contributed by atoms with Crippen LogP contribution in [0.25, 0.3) is 10.9 Å². The number of hydrogen-bond acceptors (Lipinski definition) is 5. The third-order valence-electron chi connectivity index (χ3n) is 6.94. The molecule has 4 aromatic rings. The lowest BCUT2D eigenvalue weighted by Crippen LogP contribution is -2.44. The Morgan fingerprint density at radius 1 is 0.825 bits per heavy atom. The quantitative estimate of drug-likeness (QED) is 0.228. The zero-order valence-electron chi connectivity index (χ0n) is 23.4. The number of amides is 2. The largest absolute Gasteiger partial charge is 0.497 e. The number of hydrogen-bond donors (Lipinski definition) is 1. The molecule has 2 amide bonds. The molecule has 0 aliphatic heterocycles. The van der Waals surface area contributed by atoms with Gasteiger partial charge in [0.15, 0.2) is 0 Å². The molecule has 1 heterocycles. The first-order valence-corrected chi connectivity index (χ1v) is 13.4. The van der Waals surface area contributed by atoms with Gasteiger partial charge in [0, 0.05) is 61.6 Å². The van der Waals surface area contributed by atoms with Crippen LogP contribution in [0.2, 0.25) is 0 Å². The summed E-state index contributed by atoms with van der Waals surface area (Å²) in [5, 5.41) is 1.14. The van der Waals surface area contributed by atoms with Crippen LogP contribution in [0.1, 0.15) is 27.9 Å². The number of nitrogens with one attached hydrogen (secondary N) is 1. The predicted molar refractivity (Wildman–Crippen MR) is 156 cm³/mol. The third-order valence-corrected chi connectivity index (χ3v) is 6.94. The van der Waals surface area contributed by atoms with E-state index in [-0.39, 0.29) is 18.4 Å². The average Bonchev–Trinajstić information content (AvgIpc) is 3.41. The SMILES string of the molecule is COCCCN(CC(=O)N(CCc1c[nH]c2ccccc12)Cc1ccccc1OC)C(=O)c1cccc(OC)c1. The molecule has 1 N–H and O–H groups in total. The normalized spacial score (nSPS) is 10.9. The van der Waals surface area contributed by atoms with E-state index in [1.165, 1.54) is 0 Å². The number of H-pyrrole nitrogens is 1. The van der Waals surface area contributed by atoms with Crippen LogP contribution in [0, 0.1) is 0 Å². The van der Waals surface area contributed by atoms with Gasteiger partial charge in [0.05, 0.1) is 14.2 Å². The monoisotopic (exact) mass is 543 g/mol. The van der Waals surface area contributed by atoms with Crippen molar-refractivity contribution in [2.24, 2.45) is 0 Å². The van der Waals surface area contributed by atoms with E-state index in [0.29, 0.717) is 50.4 Å². The Morgan fingerprint density at radius 2 is 1.62 bits per heavy atom. The van der Waals surface area contributed by atoms with E-state index in [4.69, 9.17) is 14.2 Å². The molecular formula is C32H37N3O5. The standard InChI is InChI=1S/C32H37N3O5/c1-38-19-9-17-35(32(37)24-11-8-12-27(20-24)39-2)23-31(36)34(22-26-10-4-7-15-30(26)40-3)18-16-25-21-33-29-14-6-5-13-28(25)29/h4-8,10-15,20-21,33H,9,16-19,22-23H2,1-3H3. The van der Waals surface area contributed by atoms with Crippen LogP contribution in [-0.2, 0) is 22.5 Å². The Morgan fingerprint density at radius 3 is 2.42 bits per heavy atom. The molecule has 0 saturated carbocycles. The summed E-state index contributed by atoms with van der Waals surface area (Å²) in [6.45, 7) is 1.67. The van der Waals surface area contributed by atoms with Gasteiger partial charge in [-0.05, 0) is 48.7 Å². The number of nitrogens with zero attached hydrogens (tertiary/aromatic N) is 2. The molecule has 0 fully saturated rings. The Kier molecular flexibility index (Phi) is 10.2. The predicted octanol–water partition coefficient (Wildman–Crippen LogP) is 4.94. The fourth-order valence-corrected chi connectivity index (χ4v) is 4.78. The number of methoxy groups -OCH3 is 3. The molecule has 0 radical (unpaired) electrons. The minimum absolute atomic E-state index is 0.0528. The Labute approximate surface area is 235 Å². The van der Waals surface area contributed by atoms with Crippen molar-refractivity contribution in [3.8, 4) is 11.5 Å². The van der Waals surface area contributed by atoms with E-state index in [1.54, 1.807) is 50.5 Å². The first-order chi connectivity index (χ1) is 19.5. The van der Waals surface area contributed by atoms with Gasteiger partial charge in [-0.2, -0.15) is 0 Å². The fourth-order valence-electron chi connectivity index (χ4n) is 4.78. The molecule has 1 aromatic heterocycles. The van der Waals surface area contributed by atoms with Crippen molar-refractivity contribution in [1.82, 2.24) is 14.8 Å². The Hall–Kier alpha value is -4.30. The van der Waals surface area contributed by atoms with Crippen molar-refractivity contribution in [2.45, 2.75) is 19.4 Å². The maximum atomic E-state index is 13.9. The van der Waals surface area contributed by atoms with E-state index < -0.39 is 0 Å². The summed E-state index contributed by atoms with van der Waals surface area (Å²) >= 11 is 0. The van der Waals surface area contributed by atoms with Crippen LogP contribution < -0.4 is 9.47 Å². The summed E-state index contributed by atoms with van der Waals surface area (Å²) in [7, 11) is 4.81. The minimum atomic E-state index is -0.225. The highest BCUT2D eigenvalue weighted by Crippen LogP contribution is 2.22. The summed E-state index contributed by atoms with van der Waals surface area (Å²) in [5.41, 5.74) is 3.58. The lowest BCUT2D eigenvalue weighted by Gasteiger charge is -2.28. The fraction of sp³-hybridized carbons (Fsp3) is 0.312. The molecule has 0 unspecified atom stereocenters. The molecule has 0 aliphatic carbocycles. The maximum Gasteiger partial charge on any atom is 0.254 e. The summed E-state index contributed by atoms with van der Waals surface area (Å²) < 4.78 is 16.1. The molecule has 0 bridgehead atoms. The van der Waals surface area contributed by atoms with E-state index in [0.717, 1.165) is 27.8 Å². The number of aromatic nitrogens is 1. The van der Waals surface area contributed by atoms with Gasteiger partial charge >= 0.3 is 0 Å². The molecular weight excluding hydrogens is 506 g/mol. The Bertz CT molecular complexity index is 1420. The van der Waals surface area contributed by atoms with Crippen molar-refractivity contribution in [1.29, 1.82) is 0 Å². The molecule has 3 aromatic carbocycles. The number of para-hydroxylation sites is 2. The third kappa shape index (κ3) is 7.21. The molecule has 0 spiro atoms. The van der Waals surface area contributed by atoms with Gasteiger partial charge in [-0.1, -0.05) is 42.5 Å². The number of carbonyl (C=O) groups excluding carboxylic acids is 2. The molecule has 40 heavy (non-hydrogen) atoms. The highest BCUT2D eigenvalue weighted by Gasteiger charge is 2.24. The lowest BCUT2D eigenvalue weighted by atomic mass is 10.1. The highest BCUT2D eigenvalue weighted by atomic mass is 16.5. The molecule has 0 saturated heterocycles. The van der Waals surface area contributed by atoms with Gasteiger partial charge < -0.3 is 29.0 Å². The second-order valence-electron chi connectivity index (χ2n) is 9.54. The summed E-state index contributed by atoms with van der Waals surface area (Å²) in [4.78, 5) is 34.2. The number of ether oxygens (including phenoxy) is 3. The first kappa shape index (κ1) is 28.7. The molecule has 4 rings (SSSR count). The summed E-state index contributed by atoms with van der Waals surface area (Å²) in [5.74, 6) is 0.944. The molecule has 0 atom stereocenters. The van der Waals surface area contributed by atoms with E-state index in [2.05, 4.69) is 11.1 Å². The van der Waals surface area contributed by atoms with Crippen molar-refractivity contribution < 1.29 is 23.8 Å². The van der Waals surface area contributed by atoms with Crippen LogP contribution >= 0.6 is 0 Å². The lowest BCUT2D eigenvalue weighted by molar-refractivity contribution is -0.132. The van der Waals surface area contributed by atoms with Crippen LogP contribution in [-0.4, -0.2) is 74.2 Å². The van der Waals surface area contributed by atoms with Crippen molar-refractivity contribution in [3.63, 3.8) is 0 Å². The van der Waals surface area contributed by atoms with Gasteiger partial charge in [0.25, 0.3) is 5.91 Å². The zero-order chi connectivity index (χ0) is 28.3. The number of carbonyl (C=O) groups is 2. The van der Waals surface area contributed by atoms with Crippen molar-refractivity contribution >= 4 is 22.7 Å². The van der Waals surface area contributed by atoms with Crippen LogP contribution in [0.5, 0.6) is 11.5 Å². The van der Waals surface area contributed by atoms with Crippen LogP contribution in [0.3, 0.4) is 0 Å². The molecule has 210 valence electrons. The highest BCUT2D eigenvalue weighted by molar-refractivity contribution is 5.97.